The molecule has 81 valence electrons. The van der Waals surface area contributed by atoms with E-state index in [0.29, 0.717) is 5.92 Å². The van der Waals surface area contributed by atoms with Crippen LogP contribution >= 0.6 is 0 Å². The summed E-state index contributed by atoms with van der Waals surface area (Å²) >= 11 is 0. The zero-order valence-electron chi connectivity index (χ0n) is 9.53. The van der Waals surface area contributed by atoms with Crippen LogP contribution in [0.1, 0.15) is 49.7 Å². The number of pyridine rings is 1. The lowest BCUT2D eigenvalue weighted by Gasteiger charge is -2.19. The van der Waals surface area contributed by atoms with Gasteiger partial charge >= 0.3 is 0 Å². The van der Waals surface area contributed by atoms with E-state index in [1.54, 1.807) is 0 Å². The molecule has 2 N–H and O–H groups in total. The Kier molecular flexibility index (Phi) is 3.06. The number of hydrogen-bond donors (Lipinski definition) is 1. The molecule has 0 aromatic carbocycles. The molecular weight excluding hydrogens is 184 g/mol. The summed E-state index contributed by atoms with van der Waals surface area (Å²) in [5, 5.41) is 0. The van der Waals surface area contributed by atoms with Crippen LogP contribution in [0.4, 0.5) is 0 Å². The number of fused-ring (bicyclic) bond motifs is 1. The van der Waals surface area contributed by atoms with Crippen molar-refractivity contribution in [3.8, 4) is 0 Å². The fourth-order valence-electron chi connectivity index (χ4n) is 1.97. The third kappa shape index (κ3) is 2.20. The van der Waals surface area contributed by atoms with Gasteiger partial charge in [0.15, 0.2) is 0 Å². The minimum atomic E-state index is 0.0608. The fourth-order valence-corrected chi connectivity index (χ4v) is 1.97. The monoisotopic (exact) mass is 203 g/mol. The van der Waals surface area contributed by atoms with Crippen molar-refractivity contribution in [3.05, 3.63) is 35.5 Å². The first kappa shape index (κ1) is 10.6. The molecule has 2 nitrogen and oxygen atoms in total. The first-order valence-corrected chi connectivity index (χ1v) is 5.77. The second-order valence-electron chi connectivity index (χ2n) is 4.65. The molecule has 1 heterocycles. The molecule has 0 saturated heterocycles. The Morgan fingerprint density at radius 1 is 1.33 bits per heavy atom. The molecule has 2 heteroatoms. The molecule has 0 fully saturated rings. The summed E-state index contributed by atoms with van der Waals surface area (Å²) in [7, 11) is 0. The van der Waals surface area contributed by atoms with Crippen LogP contribution in [0.2, 0.25) is 0 Å². The molecule has 1 aromatic rings. The highest BCUT2D eigenvalue weighted by Crippen LogP contribution is 2.24. The largest absolute Gasteiger partial charge is 0.322 e. The molecular formula is C13H19N2. The van der Waals surface area contributed by atoms with Gasteiger partial charge in [0, 0.05) is 18.2 Å². The normalized spacial score (nSPS) is 17.6. The van der Waals surface area contributed by atoms with Crippen LogP contribution in [-0.4, -0.2) is 4.98 Å². The average Bonchev–Trinajstić information content (AvgIpc) is 2.27. The summed E-state index contributed by atoms with van der Waals surface area (Å²) in [6.07, 6.45) is 5.80. The van der Waals surface area contributed by atoms with Gasteiger partial charge in [-0.15, -0.1) is 0 Å². The molecule has 1 atom stereocenters. The summed E-state index contributed by atoms with van der Waals surface area (Å²) in [5.41, 5.74) is 9.66. The van der Waals surface area contributed by atoms with Gasteiger partial charge in [-0.05, 0) is 36.8 Å². The highest BCUT2D eigenvalue weighted by Gasteiger charge is 2.16. The summed E-state index contributed by atoms with van der Waals surface area (Å²) in [6, 6.07) is 4.34. The molecule has 0 amide bonds. The van der Waals surface area contributed by atoms with Crippen molar-refractivity contribution < 1.29 is 0 Å². The Bertz CT molecular complexity index is 344. The first-order chi connectivity index (χ1) is 7.18. The maximum absolute atomic E-state index is 6.09. The minimum Gasteiger partial charge on any atom is -0.322 e. The Hall–Kier alpha value is -0.890. The van der Waals surface area contributed by atoms with Crippen LogP contribution in [0.15, 0.2) is 12.1 Å². The molecule has 0 aliphatic heterocycles. The van der Waals surface area contributed by atoms with E-state index >= 15 is 0 Å². The minimum absolute atomic E-state index is 0.0608. The van der Waals surface area contributed by atoms with Crippen LogP contribution < -0.4 is 5.73 Å². The average molecular weight is 203 g/mol. The van der Waals surface area contributed by atoms with E-state index in [4.69, 9.17) is 5.73 Å². The fraction of sp³-hybridized carbons (Fsp3) is 0.538. The summed E-state index contributed by atoms with van der Waals surface area (Å²) in [4.78, 5) is 4.65. The van der Waals surface area contributed by atoms with E-state index in [-0.39, 0.29) is 6.04 Å². The van der Waals surface area contributed by atoms with Gasteiger partial charge < -0.3 is 5.73 Å². The second-order valence-corrected chi connectivity index (χ2v) is 4.65. The van der Waals surface area contributed by atoms with Crippen molar-refractivity contribution in [2.45, 2.75) is 39.2 Å². The second kappa shape index (κ2) is 4.31. The lowest BCUT2D eigenvalue weighted by Crippen LogP contribution is -2.19. The topological polar surface area (TPSA) is 38.9 Å². The maximum atomic E-state index is 6.09. The Morgan fingerprint density at radius 2 is 2.13 bits per heavy atom. The van der Waals surface area contributed by atoms with Gasteiger partial charge in [0.25, 0.3) is 0 Å². The number of aryl methyl sites for hydroxylation is 1. The molecule has 15 heavy (non-hydrogen) atoms. The molecule has 2 rings (SSSR count). The zero-order chi connectivity index (χ0) is 10.8. The smallest absolute Gasteiger partial charge is 0.0577 e. The SMILES string of the molecule is CC(C)C(N)c1ccc2c(n1)[CH]CCC2. The van der Waals surface area contributed by atoms with Crippen molar-refractivity contribution >= 4 is 0 Å². The highest BCUT2D eigenvalue weighted by atomic mass is 14.8. The Morgan fingerprint density at radius 3 is 2.87 bits per heavy atom. The molecule has 0 spiro atoms. The van der Waals surface area contributed by atoms with Crippen molar-refractivity contribution in [3.63, 3.8) is 0 Å². The van der Waals surface area contributed by atoms with E-state index in [9.17, 15) is 0 Å². The van der Waals surface area contributed by atoms with E-state index < -0.39 is 0 Å². The van der Waals surface area contributed by atoms with Crippen LogP contribution in [0.3, 0.4) is 0 Å². The predicted molar refractivity (Wildman–Crippen MR) is 62.3 cm³/mol. The number of nitrogens with zero attached hydrogens (tertiary/aromatic N) is 1. The lowest BCUT2D eigenvalue weighted by atomic mass is 9.94. The van der Waals surface area contributed by atoms with E-state index in [0.717, 1.165) is 24.2 Å². The molecule has 0 bridgehead atoms. The lowest BCUT2D eigenvalue weighted by molar-refractivity contribution is 0.501. The number of nitrogens with two attached hydrogens (primary N) is 1. The molecule has 0 saturated carbocycles. The quantitative estimate of drug-likeness (QED) is 0.802. The molecule has 1 aliphatic rings. The third-order valence-electron chi connectivity index (χ3n) is 3.08. The molecule has 1 unspecified atom stereocenters. The summed E-state index contributed by atoms with van der Waals surface area (Å²) < 4.78 is 0. The van der Waals surface area contributed by atoms with Crippen molar-refractivity contribution in [1.82, 2.24) is 4.98 Å². The Balaban J connectivity index is 2.27. The van der Waals surface area contributed by atoms with Gasteiger partial charge in [-0.25, -0.2) is 0 Å². The summed E-state index contributed by atoms with van der Waals surface area (Å²) in [5.74, 6) is 0.444. The van der Waals surface area contributed by atoms with Crippen LogP contribution in [-0.2, 0) is 6.42 Å². The van der Waals surface area contributed by atoms with Gasteiger partial charge in [0.05, 0.1) is 5.69 Å². The first-order valence-electron chi connectivity index (χ1n) is 5.77. The van der Waals surface area contributed by atoms with E-state index in [1.807, 2.05) is 0 Å². The van der Waals surface area contributed by atoms with Crippen LogP contribution in [0.5, 0.6) is 0 Å². The van der Waals surface area contributed by atoms with Crippen molar-refractivity contribution in [2.24, 2.45) is 11.7 Å². The van der Waals surface area contributed by atoms with E-state index in [1.165, 1.54) is 12.0 Å². The van der Waals surface area contributed by atoms with Gasteiger partial charge in [-0.2, -0.15) is 0 Å². The Labute approximate surface area is 91.9 Å². The molecule has 1 aliphatic carbocycles. The van der Waals surface area contributed by atoms with Gasteiger partial charge in [-0.3, -0.25) is 4.98 Å². The zero-order valence-corrected chi connectivity index (χ0v) is 9.53. The predicted octanol–water partition coefficient (Wildman–Crippen LogP) is 2.63. The van der Waals surface area contributed by atoms with Gasteiger partial charge in [0.2, 0.25) is 0 Å². The van der Waals surface area contributed by atoms with E-state index in [2.05, 4.69) is 37.4 Å². The molecule has 1 radical (unpaired) electrons. The van der Waals surface area contributed by atoms with Crippen LogP contribution in [0.25, 0.3) is 0 Å². The summed E-state index contributed by atoms with van der Waals surface area (Å²) in [6.45, 7) is 4.27. The highest BCUT2D eigenvalue weighted by molar-refractivity contribution is 5.31. The third-order valence-corrected chi connectivity index (χ3v) is 3.08. The van der Waals surface area contributed by atoms with Crippen LogP contribution in [0, 0.1) is 12.3 Å². The van der Waals surface area contributed by atoms with Gasteiger partial charge in [-0.1, -0.05) is 19.9 Å². The number of rotatable bonds is 2. The van der Waals surface area contributed by atoms with Crippen molar-refractivity contribution in [1.29, 1.82) is 0 Å². The maximum Gasteiger partial charge on any atom is 0.0577 e. The standard InChI is InChI=1S/C13H19N2/c1-9(2)13(14)12-8-7-10-5-3-4-6-11(10)15-12/h6-9,13H,3-5,14H2,1-2H3. The number of aromatic nitrogens is 1. The van der Waals surface area contributed by atoms with Crippen molar-refractivity contribution in [2.75, 3.05) is 0 Å². The number of hydrogen-bond acceptors (Lipinski definition) is 2. The molecule has 1 aromatic heterocycles. The van der Waals surface area contributed by atoms with Gasteiger partial charge in [0.1, 0.15) is 0 Å².